The first-order chi connectivity index (χ1) is 8.15. The molecular formula is C17H36. The second kappa shape index (κ2) is 11.1. The number of unbranched alkanes of at least 4 members (excludes halogenated alkanes) is 2. The van der Waals surface area contributed by atoms with Crippen LogP contribution >= 0.6 is 0 Å². The molecule has 0 saturated carbocycles. The Morgan fingerprint density at radius 1 is 0.706 bits per heavy atom. The van der Waals surface area contributed by atoms with Gasteiger partial charge in [0.05, 0.1) is 0 Å². The topological polar surface area (TPSA) is 0 Å². The predicted molar refractivity (Wildman–Crippen MR) is 80.4 cm³/mol. The summed E-state index contributed by atoms with van der Waals surface area (Å²) < 4.78 is 0. The normalized spacial score (nSPS) is 16.8. The molecule has 0 heteroatoms. The lowest BCUT2D eigenvalue weighted by atomic mass is 9.83. The van der Waals surface area contributed by atoms with Gasteiger partial charge in [0.25, 0.3) is 0 Å². The van der Waals surface area contributed by atoms with Crippen LogP contribution in [-0.4, -0.2) is 0 Å². The van der Waals surface area contributed by atoms with Crippen molar-refractivity contribution in [3.05, 3.63) is 0 Å². The van der Waals surface area contributed by atoms with E-state index in [9.17, 15) is 0 Å². The van der Waals surface area contributed by atoms with Crippen LogP contribution in [-0.2, 0) is 0 Å². The van der Waals surface area contributed by atoms with Gasteiger partial charge in [-0.3, -0.25) is 0 Å². The highest BCUT2D eigenvalue weighted by molar-refractivity contribution is 4.66. The molecule has 0 amide bonds. The maximum Gasteiger partial charge on any atom is -0.0391 e. The molecule has 0 spiro atoms. The molecule has 104 valence electrons. The van der Waals surface area contributed by atoms with E-state index in [2.05, 4.69) is 34.6 Å². The van der Waals surface area contributed by atoms with Gasteiger partial charge >= 0.3 is 0 Å². The molecule has 0 heterocycles. The highest BCUT2D eigenvalue weighted by atomic mass is 14.2. The Kier molecular flexibility index (Phi) is 11.1. The molecular weight excluding hydrogens is 204 g/mol. The van der Waals surface area contributed by atoms with Crippen molar-refractivity contribution in [1.29, 1.82) is 0 Å². The second-order valence-corrected chi connectivity index (χ2v) is 6.09. The summed E-state index contributed by atoms with van der Waals surface area (Å²) in [5.74, 6) is 2.86. The zero-order valence-electron chi connectivity index (χ0n) is 13.1. The van der Waals surface area contributed by atoms with E-state index in [1.807, 2.05) is 0 Å². The molecule has 0 bridgehead atoms. The summed E-state index contributed by atoms with van der Waals surface area (Å²) in [6.07, 6.45) is 12.8. The fourth-order valence-corrected chi connectivity index (χ4v) is 2.78. The highest BCUT2D eigenvalue weighted by Gasteiger charge is 2.14. The molecule has 0 aromatic heterocycles. The first-order valence-electron chi connectivity index (χ1n) is 8.15. The van der Waals surface area contributed by atoms with Gasteiger partial charge in [-0.05, 0) is 17.8 Å². The first-order valence-corrected chi connectivity index (χ1v) is 8.15. The van der Waals surface area contributed by atoms with Crippen LogP contribution in [0.4, 0.5) is 0 Å². The van der Waals surface area contributed by atoms with E-state index in [0.29, 0.717) is 0 Å². The Bertz CT molecular complexity index is 150. The molecule has 0 aliphatic carbocycles. The number of rotatable bonds is 11. The minimum atomic E-state index is 0.933. The summed E-state index contributed by atoms with van der Waals surface area (Å²) >= 11 is 0. The van der Waals surface area contributed by atoms with E-state index >= 15 is 0 Å². The Morgan fingerprint density at radius 2 is 1.41 bits per heavy atom. The molecule has 0 fully saturated rings. The SMILES string of the molecule is CCCCCC(CC)C(C)CCCC(C)CC. The van der Waals surface area contributed by atoms with Crippen LogP contribution in [0.2, 0.25) is 0 Å². The quantitative estimate of drug-likeness (QED) is 0.364. The maximum absolute atomic E-state index is 2.48. The lowest BCUT2D eigenvalue weighted by Gasteiger charge is -2.23. The van der Waals surface area contributed by atoms with Crippen molar-refractivity contribution < 1.29 is 0 Å². The molecule has 0 saturated heterocycles. The van der Waals surface area contributed by atoms with Gasteiger partial charge in [0.15, 0.2) is 0 Å². The van der Waals surface area contributed by atoms with Gasteiger partial charge in [-0.1, -0.05) is 92.4 Å². The molecule has 17 heavy (non-hydrogen) atoms. The van der Waals surface area contributed by atoms with Crippen molar-refractivity contribution in [3.63, 3.8) is 0 Å². The zero-order valence-corrected chi connectivity index (χ0v) is 13.1. The van der Waals surface area contributed by atoms with Gasteiger partial charge in [-0.2, -0.15) is 0 Å². The van der Waals surface area contributed by atoms with Crippen LogP contribution in [0.5, 0.6) is 0 Å². The van der Waals surface area contributed by atoms with Crippen molar-refractivity contribution in [3.8, 4) is 0 Å². The smallest absolute Gasteiger partial charge is 0.0391 e. The van der Waals surface area contributed by atoms with E-state index in [-0.39, 0.29) is 0 Å². The third-order valence-corrected chi connectivity index (χ3v) is 4.56. The summed E-state index contributed by atoms with van der Waals surface area (Å²) in [6.45, 7) is 11.9. The number of hydrogen-bond donors (Lipinski definition) is 0. The Morgan fingerprint density at radius 3 is 1.94 bits per heavy atom. The van der Waals surface area contributed by atoms with Crippen molar-refractivity contribution in [1.82, 2.24) is 0 Å². The van der Waals surface area contributed by atoms with Crippen molar-refractivity contribution in [2.75, 3.05) is 0 Å². The zero-order chi connectivity index (χ0) is 13.1. The summed E-state index contributed by atoms with van der Waals surface area (Å²) in [5.41, 5.74) is 0. The Labute approximate surface area is 111 Å². The maximum atomic E-state index is 2.48. The van der Waals surface area contributed by atoms with Crippen LogP contribution in [0, 0.1) is 17.8 Å². The Balaban J connectivity index is 3.71. The van der Waals surface area contributed by atoms with E-state index in [0.717, 1.165) is 17.8 Å². The molecule has 3 unspecified atom stereocenters. The average Bonchev–Trinajstić information content (AvgIpc) is 2.34. The largest absolute Gasteiger partial charge is 0.0654 e. The molecule has 0 aromatic carbocycles. The highest BCUT2D eigenvalue weighted by Crippen LogP contribution is 2.27. The molecule has 0 aliphatic heterocycles. The summed E-state index contributed by atoms with van der Waals surface area (Å²) in [5, 5.41) is 0. The van der Waals surface area contributed by atoms with Gasteiger partial charge in [0.1, 0.15) is 0 Å². The van der Waals surface area contributed by atoms with Crippen LogP contribution in [0.1, 0.15) is 92.4 Å². The van der Waals surface area contributed by atoms with Crippen LogP contribution in [0.15, 0.2) is 0 Å². The molecule has 0 rings (SSSR count). The van der Waals surface area contributed by atoms with E-state index < -0.39 is 0 Å². The molecule has 3 atom stereocenters. The lowest BCUT2D eigenvalue weighted by molar-refractivity contribution is 0.286. The van der Waals surface area contributed by atoms with Gasteiger partial charge in [0, 0.05) is 0 Å². The minimum Gasteiger partial charge on any atom is -0.0654 e. The fourth-order valence-electron chi connectivity index (χ4n) is 2.78. The summed E-state index contributed by atoms with van der Waals surface area (Å²) in [4.78, 5) is 0. The standard InChI is InChI=1S/C17H36/c1-6-9-10-14-17(8-3)16(5)13-11-12-15(4)7-2/h15-17H,6-14H2,1-5H3. The molecule has 0 N–H and O–H groups in total. The monoisotopic (exact) mass is 240 g/mol. The summed E-state index contributed by atoms with van der Waals surface area (Å²) in [7, 11) is 0. The number of hydrogen-bond acceptors (Lipinski definition) is 0. The second-order valence-electron chi connectivity index (χ2n) is 6.09. The van der Waals surface area contributed by atoms with Crippen LogP contribution in [0.25, 0.3) is 0 Å². The first kappa shape index (κ1) is 17.0. The molecule has 0 nitrogen and oxygen atoms in total. The van der Waals surface area contributed by atoms with E-state index in [1.54, 1.807) is 0 Å². The van der Waals surface area contributed by atoms with Gasteiger partial charge < -0.3 is 0 Å². The minimum absolute atomic E-state index is 0.933. The van der Waals surface area contributed by atoms with Crippen molar-refractivity contribution in [2.24, 2.45) is 17.8 Å². The van der Waals surface area contributed by atoms with Crippen LogP contribution < -0.4 is 0 Å². The van der Waals surface area contributed by atoms with Gasteiger partial charge in [-0.15, -0.1) is 0 Å². The van der Waals surface area contributed by atoms with Crippen LogP contribution in [0.3, 0.4) is 0 Å². The predicted octanol–water partition coefficient (Wildman–Crippen LogP) is 6.45. The van der Waals surface area contributed by atoms with E-state index in [4.69, 9.17) is 0 Å². The van der Waals surface area contributed by atoms with Gasteiger partial charge in [0.2, 0.25) is 0 Å². The molecule has 0 radical (unpaired) electrons. The Hall–Kier alpha value is 0. The average molecular weight is 240 g/mol. The van der Waals surface area contributed by atoms with E-state index in [1.165, 1.54) is 57.8 Å². The third-order valence-electron chi connectivity index (χ3n) is 4.56. The van der Waals surface area contributed by atoms with Crippen molar-refractivity contribution >= 4 is 0 Å². The summed E-state index contributed by atoms with van der Waals surface area (Å²) in [6, 6.07) is 0. The molecule has 0 aromatic rings. The molecule has 0 aliphatic rings. The lowest BCUT2D eigenvalue weighted by Crippen LogP contribution is -2.11. The van der Waals surface area contributed by atoms with Crippen molar-refractivity contribution in [2.45, 2.75) is 92.4 Å². The van der Waals surface area contributed by atoms with Gasteiger partial charge in [-0.25, -0.2) is 0 Å². The fraction of sp³-hybridized carbons (Fsp3) is 1.00. The third kappa shape index (κ3) is 8.69.